The lowest BCUT2D eigenvalue weighted by Gasteiger charge is -2.33. The van der Waals surface area contributed by atoms with Crippen LogP contribution in [0.4, 0.5) is 4.79 Å². The molecular formula is C19H26N4O3. The fourth-order valence-corrected chi connectivity index (χ4v) is 3.10. The second-order valence-corrected chi connectivity index (χ2v) is 6.32. The summed E-state index contributed by atoms with van der Waals surface area (Å²) in [5, 5.41) is 6.98. The first kappa shape index (κ1) is 18.3. The van der Waals surface area contributed by atoms with E-state index in [1.54, 1.807) is 11.1 Å². The Morgan fingerprint density at radius 2 is 2.04 bits per heavy atom. The molecule has 3 rings (SSSR count). The number of ether oxygens (including phenoxy) is 2. The number of nitrogens with one attached hydrogen (secondary N) is 1. The molecule has 1 N–H and O–H groups in total. The number of benzene rings is 1. The summed E-state index contributed by atoms with van der Waals surface area (Å²) in [7, 11) is 0. The quantitative estimate of drug-likeness (QED) is 0.859. The molecular weight excluding hydrogens is 332 g/mol. The minimum atomic E-state index is -0.212. The van der Waals surface area contributed by atoms with Gasteiger partial charge in [-0.25, -0.2) is 4.79 Å². The number of rotatable bonds is 6. The molecule has 0 radical (unpaired) electrons. The van der Waals surface area contributed by atoms with Crippen molar-refractivity contribution in [3.05, 3.63) is 36.0 Å². The lowest BCUT2D eigenvalue weighted by molar-refractivity contribution is 0.0757. The highest BCUT2D eigenvalue weighted by atomic mass is 16.6. The van der Waals surface area contributed by atoms with Crippen LogP contribution in [0.5, 0.6) is 5.75 Å². The Morgan fingerprint density at radius 1 is 1.23 bits per heavy atom. The SMILES string of the molecule is CCOC(=O)N1CCN(CCOc2ccc(-c3ccn[nH]3)c(C)c2)CC1. The Hall–Kier alpha value is -2.54. The summed E-state index contributed by atoms with van der Waals surface area (Å²) >= 11 is 0. The van der Waals surface area contributed by atoms with Crippen LogP contribution in [-0.2, 0) is 4.74 Å². The highest BCUT2D eigenvalue weighted by molar-refractivity contribution is 5.67. The van der Waals surface area contributed by atoms with Gasteiger partial charge in [0.1, 0.15) is 12.4 Å². The molecule has 7 heteroatoms. The van der Waals surface area contributed by atoms with Gasteiger partial charge in [-0.1, -0.05) is 0 Å². The fourth-order valence-electron chi connectivity index (χ4n) is 3.10. The van der Waals surface area contributed by atoms with Crippen LogP contribution in [0.3, 0.4) is 0 Å². The van der Waals surface area contributed by atoms with Gasteiger partial charge in [-0.15, -0.1) is 0 Å². The second kappa shape index (κ2) is 8.71. The maximum atomic E-state index is 11.7. The van der Waals surface area contributed by atoms with Crippen LogP contribution in [0, 0.1) is 6.92 Å². The van der Waals surface area contributed by atoms with E-state index < -0.39 is 0 Å². The number of aromatic amines is 1. The van der Waals surface area contributed by atoms with Gasteiger partial charge in [0.25, 0.3) is 0 Å². The molecule has 2 aromatic rings. The average Bonchev–Trinajstić information content (AvgIpc) is 3.17. The summed E-state index contributed by atoms with van der Waals surface area (Å²) < 4.78 is 10.9. The zero-order valence-corrected chi connectivity index (χ0v) is 15.4. The number of carbonyl (C=O) groups is 1. The van der Waals surface area contributed by atoms with E-state index in [0.717, 1.165) is 42.2 Å². The van der Waals surface area contributed by atoms with E-state index in [1.807, 2.05) is 19.1 Å². The first-order valence-electron chi connectivity index (χ1n) is 9.04. The number of hydrogen-bond donors (Lipinski definition) is 1. The topological polar surface area (TPSA) is 70.7 Å². The van der Waals surface area contributed by atoms with E-state index in [4.69, 9.17) is 9.47 Å². The zero-order valence-electron chi connectivity index (χ0n) is 15.4. The Labute approximate surface area is 153 Å². The van der Waals surface area contributed by atoms with E-state index >= 15 is 0 Å². The number of hydrogen-bond acceptors (Lipinski definition) is 5. The smallest absolute Gasteiger partial charge is 0.409 e. The standard InChI is InChI=1S/C19H26N4O3/c1-3-25-19(24)23-10-8-22(9-11-23)12-13-26-16-4-5-17(15(2)14-16)18-6-7-20-21-18/h4-7,14H,3,8-13H2,1-2H3,(H,20,21). The highest BCUT2D eigenvalue weighted by Gasteiger charge is 2.21. The number of carbonyl (C=O) groups excluding carboxylic acids is 1. The van der Waals surface area contributed by atoms with Crippen molar-refractivity contribution in [2.75, 3.05) is 45.9 Å². The lowest BCUT2D eigenvalue weighted by atomic mass is 10.1. The van der Waals surface area contributed by atoms with E-state index in [2.05, 4.69) is 34.2 Å². The van der Waals surface area contributed by atoms with Crippen molar-refractivity contribution < 1.29 is 14.3 Å². The molecule has 1 aliphatic rings. The molecule has 1 amide bonds. The molecule has 0 unspecified atom stereocenters. The van der Waals surface area contributed by atoms with Gasteiger partial charge >= 0.3 is 6.09 Å². The summed E-state index contributed by atoms with van der Waals surface area (Å²) in [5.41, 5.74) is 3.29. The number of aryl methyl sites for hydroxylation is 1. The van der Waals surface area contributed by atoms with Gasteiger partial charge in [0.15, 0.2) is 0 Å². The summed E-state index contributed by atoms with van der Waals surface area (Å²) in [5.74, 6) is 0.871. The summed E-state index contributed by atoms with van der Waals surface area (Å²) in [6.07, 6.45) is 1.54. The first-order chi connectivity index (χ1) is 12.7. The molecule has 1 fully saturated rings. The third-order valence-corrected chi connectivity index (χ3v) is 4.56. The van der Waals surface area contributed by atoms with Crippen LogP contribution in [-0.4, -0.2) is 72.0 Å². The van der Waals surface area contributed by atoms with E-state index in [0.29, 0.717) is 26.3 Å². The molecule has 2 heterocycles. The Balaban J connectivity index is 1.43. The normalized spacial score (nSPS) is 15.1. The minimum Gasteiger partial charge on any atom is -0.492 e. The van der Waals surface area contributed by atoms with Gasteiger partial charge in [-0.2, -0.15) is 5.10 Å². The third kappa shape index (κ3) is 4.54. The number of piperazine rings is 1. The number of aromatic nitrogens is 2. The van der Waals surface area contributed by atoms with Crippen LogP contribution < -0.4 is 4.74 Å². The molecule has 1 saturated heterocycles. The molecule has 0 aliphatic carbocycles. The molecule has 1 aliphatic heterocycles. The van der Waals surface area contributed by atoms with Crippen molar-refractivity contribution in [1.82, 2.24) is 20.0 Å². The van der Waals surface area contributed by atoms with Crippen molar-refractivity contribution in [2.24, 2.45) is 0 Å². The summed E-state index contributed by atoms with van der Waals surface area (Å²) in [6, 6.07) is 8.05. The van der Waals surface area contributed by atoms with Crippen molar-refractivity contribution in [2.45, 2.75) is 13.8 Å². The number of amides is 1. The molecule has 7 nitrogen and oxygen atoms in total. The predicted molar refractivity (Wildman–Crippen MR) is 99.3 cm³/mol. The van der Waals surface area contributed by atoms with Gasteiger partial charge in [-0.3, -0.25) is 10.00 Å². The maximum absolute atomic E-state index is 11.7. The Kier molecular flexibility index (Phi) is 6.12. The summed E-state index contributed by atoms with van der Waals surface area (Å²) in [6.45, 7) is 8.89. The fraction of sp³-hybridized carbons (Fsp3) is 0.474. The zero-order chi connectivity index (χ0) is 18.4. The van der Waals surface area contributed by atoms with Gasteiger partial charge in [-0.05, 0) is 43.7 Å². The van der Waals surface area contributed by atoms with Crippen LogP contribution >= 0.6 is 0 Å². The number of nitrogens with zero attached hydrogens (tertiary/aromatic N) is 3. The maximum Gasteiger partial charge on any atom is 0.409 e. The molecule has 0 bridgehead atoms. The highest BCUT2D eigenvalue weighted by Crippen LogP contribution is 2.25. The van der Waals surface area contributed by atoms with Crippen molar-refractivity contribution in [3.8, 4) is 17.0 Å². The third-order valence-electron chi connectivity index (χ3n) is 4.56. The molecule has 0 atom stereocenters. The van der Waals surface area contributed by atoms with Crippen molar-refractivity contribution in [3.63, 3.8) is 0 Å². The molecule has 140 valence electrons. The van der Waals surface area contributed by atoms with E-state index in [-0.39, 0.29) is 6.09 Å². The molecule has 1 aromatic heterocycles. The lowest BCUT2D eigenvalue weighted by Crippen LogP contribution is -2.49. The van der Waals surface area contributed by atoms with Gasteiger partial charge < -0.3 is 14.4 Å². The first-order valence-corrected chi connectivity index (χ1v) is 9.04. The van der Waals surface area contributed by atoms with Crippen LogP contribution in [0.2, 0.25) is 0 Å². The predicted octanol–water partition coefficient (Wildman–Crippen LogP) is 2.54. The minimum absolute atomic E-state index is 0.212. The summed E-state index contributed by atoms with van der Waals surface area (Å²) in [4.78, 5) is 15.8. The van der Waals surface area contributed by atoms with Crippen molar-refractivity contribution in [1.29, 1.82) is 0 Å². The van der Waals surface area contributed by atoms with E-state index in [9.17, 15) is 4.79 Å². The van der Waals surface area contributed by atoms with Crippen molar-refractivity contribution >= 4 is 6.09 Å². The van der Waals surface area contributed by atoms with Gasteiger partial charge in [0.05, 0.1) is 12.3 Å². The number of H-pyrrole nitrogens is 1. The van der Waals surface area contributed by atoms with Crippen LogP contribution in [0.15, 0.2) is 30.5 Å². The van der Waals surface area contributed by atoms with Crippen LogP contribution in [0.25, 0.3) is 11.3 Å². The molecule has 0 saturated carbocycles. The Morgan fingerprint density at radius 3 is 2.69 bits per heavy atom. The molecule has 0 spiro atoms. The average molecular weight is 358 g/mol. The van der Waals surface area contributed by atoms with Gasteiger partial charge in [0.2, 0.25) is 0 Å². The monoisotopic (exact) mass is 358 g/mol. The molecule has 1 aromatic carbocycles. The van der Waals surface area contributed by atoms with Gasteiger partial charge in [0, 0.05) is 44.5 Å². The molecule has 26 heavy (non-hydrogen) atoms. The van der Waals surface area contributed by atoms with E-state index in [1.165, 1.54) is 0 Å². The second-order valence-electron chi connectivity index (χ2n) is 6.32. The van der Waals surface area contributed by atoms with Crippen LogP contribution in [0.1, 0.15) is 12.5 Å². The Bertz CT molecular complexity index is 710. The largest absolute Gasteiger partial charge is 0.492 e.